The van der Waals surface area contributed by atoms with E-state index in [0.29, 0.717) is 11.2 Å². The zero-order valence-corrected chi connectivity index (χ0v) is 23.0. The van der Waals surface area contributed by atoms with Crippen molar-refractivity contribution in [2.75, 3.05) is 25.2 Å². The Kier molecular flexibility index (Phi) is 8.62. The van der Waals surface area contributed by atoms with Crippen molar-refractivity contribution in [2.45, 2.75) is 76.5 Å². The van der Waals surface area contributed by atoms with Crippen LogP contribution in [0.5, 0.6) is 0 Å². The van der Waals surface area contributed by atoms with E-state index >= 15 is 0 Å². The summed E-state index contributed by atoms with van der Waals surface area (Å²) in [6, 6.07) is 6.94. The predicted molar refractivity (Wildman–Crippen MR) is 145 cm³/mol. The number of nitrogens with one attached hydrogen (secondary N) is 1. The Morgan fingerprint density at radius 2 is 1.97 bits per heavy atom. The molecule has 1 saturated carbocycles. The molecule has 3 aromatic rings. The van der Waals surface area contributed by atoms with Crippen LogP contribution in [-0.2, 0) is 4.79 Å². The monoisotopic (exact) mass is 512 g/mol. The number of anilines is 1. The molecule has 0 saturated heterocycles. The van der Waals surface area contributed by atoms with Gasteiger partial charge in [0.25, 0.3) is 0 Å². The van der Waals surface area contributed by atoms with Gasteiger partial charge in [-0.15, -0.1) is 21.5 Å². The van der Waals surface area contributed by atoms with Crippen LogP contribution in [0.4, 0.5) is 5.13 Å². The lowest BCUT2D eigenvalue weighted by molar-refractivity contribution is -0.113. The molecule has 1 aromatic carbocycles. The molecule has 188 valence electrons. The molecule has 0 bridgehead atoms. The highest BCUT2D eigenvalue weighted by Gasteiger charge is 2.28. The molecule has 0 spiro atoms. The highest BCUT2D eigenvalue weighted by molar-refractivity contribution is 7.99. The number of carbonyl (C=O) groups is 1. The quantitative estimate of drug-likeness (QED) is 0.341. The number of benzene rings is 1. The van der Waals surface area contributed by atoms with E-state index in [9.17, 15) is 4.79 Å². The number of hydrogen-bond acceptors (Lipinski definition) is 7. The summed E-state index contributed by atoms with van der Waals surface area (Å²) in [5.74, 6) is 1.22. The van der Waals surface area contributed by atoms with Crippen LogP contribution < -0.4 is 5.32 Å². The maximum absolute atomic E-state index is 12.8. The largest absolute Gasteiger partial charge is 0.302 e. The number of aryl methyl sites for hydroxylation is 2. The van der Waals surface area contributed by atoms with Gasteiger partial charge in [0.15, 0.2) is 16.1 Å². The molecule has 4 rings (SSSR count). The van der Waals surface area contributed by atoms with Crippen LogP contribution in [0.3, 0.4) is 0 Å². The molecule has 35 heavy (non-hydrogen) atoms. The summed E-state index contributed by atoms with van der Waals surface area (Å²) in [5.41, 5.74) is 4.45. The molecular formula is C26H36N6OS2. The fourth-order valence-corrected chi connectivity index (χ4v) is 6.27. The second-order valence-electron chi connectivity index (χ2n) is 9.56. The molecule has 9 heteroatoms. The molecule has 1 N–H and O–H groups in total. The molecule has 1 atom stereocenters. The minimum absolute atomic E-state index is 0.0737. The van der Waals surface area contributed by atoms with Gasteiger partial charge in [-0.1, -0.05) is 50.1 Å². The van der Waals surface area contributed by atoms with E-state index in [0.717, 1.165) is 41.5 Å². The molecule has 1 fully saturated rings. The number of thioether (sulfide) groups is 1. The predicted octanol–water partition coefficient (Wildman–Crippen LogP) is 6.27. The topological polar surface area (TPSA) is 75.9 Å². The van der Waals surface area contributed by atoms with E-state index in [4.69, 9.17) is 0 Å². The first kappa shape index (κ1) is 25.9. The lowest BCUT2D eigenvalue weighted by Gasteiger charge is -2.29. The van der Waals surface area contributed by atoms with E-state index < -0.39 is 0 Å². The lowest BCUT2D eigenvalue weighted by Crippen LogP contribution is -2.26. The van der Waals surface area contributed by atoms with Gasteiger partial charge in [0.05, 0.1) is 17.5 Å². The van der Waals surface area contributed by atoms with E-state index in [-0.39, 0.29) is 17.7 Å². The number of amides is 1. The van der Waals surface area contributed by atoms with Gasteiger partial charge in [-0.3, -0.25) is 9.69 Å². The zero-order chi connectivity index (χ0) is 24.9. The third-order valence-electron chi connectivity index (χ3n) is 6.82. The number of nitrogens with zero attached hydrogens (tertiary/aromatic N) is 5. The van der Waals surface area contributed by atoms with Crippen molar-refractivity contribution in [3.63, 3.8) is 0 Å². The fraction of sp³-hybridized carbons (Fsp3) is 0.538. The average molecular weight is 513 g/mol. The summed E-state index contributed by atoms with van der Waals surface area (Å²) in [4.78, 5) is 19.6. The van der Waals surface area contributed by atoms with Crippen molar-refractivity contribution in [1.29, 1.82) is 0 Å². The van der Waals surface area contributed by atoms with Gasteiger partial charge in [-0.25, -0.2) is 4.98 Å². The maximum atomic E-state index is 12.8. The number of carbonyl (C=O) groups excluding carboxylic acids is 1. The van der Waals surface area contributed by atoms with Crippen LogP contribution in [0.1, 0.15) is 74.5 Å². The number of thiazole rings is 1. The molecule has 0 radical (unpaired) electrons. The normalized spacial score (nSPS) is 15.5. The Balaban J connectivity index is 1.44. The average Bonchev–Trinajstić information content (AvgIpc) is 3.48. The number of hydrogen-bond donors (Lipinski definition) is 1. The molecule has 7 nitrogen and oxygen atoms in total. The minimum atomic E-state index is -0.0737. The van der Waals surface area contributed by atoms with Gasteiger partial charge < -0.3 is 9.88 Å². The van der Waals surface area contributed by atoms with Crippen molar-refractivity contribution in [1.82, 2.24) is 24.6 Å². The molecule has 1 aliphatic carbocycles. The molecule has 0 aliphatic heterocycles. The first-order valence-electron chi connectivity index (χ1n) is 12.4. The third kappa shape index (κ3) is 6.13. The zero-order valence-electron chi connectivity index (χ0n) is 21.4. The standard InChI is InChI=1S/C26H36N6OS2/c1-6-22(31(4)5)24-29-30-26(32(24)20-10-8-7-9-11-20)35-16-23(33)28-25-27-21(15-34-25)19-13-12-17(2)18(3)14-19/h12-15,20,22H,6-11,16H2,1-5H3,(H,27,28,33)/t22-/m1/s1. The van der Waals surface area contributed by atoms with Crippen molar-refractivity contribution in [3.8, 4) is 11.3 Å². The number of aromatic nitrogens is 4. The Bertz CT molecular complexity index is 1150. The van der Waals surface area contributed by atoms with Crippen LogP contribution in [-0.4, -0.2) is 50.4 Å². The van der Waals surface area contributed by atoms with E-state index in [1.54, 1.807) is 0 Å². The molecule has 1 aliphatic rings. The first-order valence-corrected chi connectivity index (χ1v) is 14.3. The van der Waals surface area contributed by atoms with E-state index in [1.807, 2.05) is 5.38 Å². The summed E-state index contributed by atoms with van der Waals surface area (Å²) >= 11 is 2.92. The number of rotatable bonds is 9. The van der Waals surface area contributed by atoms with Crippen molar-refractivity contribution in [2.24, 2.45) is 0 Å². The summed E-state index contributed by atoms with van der Waals surface area (Å²) in [5, 5.41) is 15.6. The summed E-state index contributed by atoms with van der Waals surface area (Å²) in [6.45, 7) is 6.39. The summed E-state index contributed by atoms with van der Waals surface area (Å²) < 4.78 is 2.33. The Hall–Kier alpha value is -2.23. The highest BCUT2D eigenvalue weighted by Crippen LogP contribution is 2.35. The Labute approximate surface area is 216 Å². The summed E-state index contributed by atoms with van der Waals surface area (Å²) in [7, 11) is 4.18. The van der Waals surface area contributed by atoms with Gasteiger partial charge in [-0.2, -0.15) is 0 Å². The molecule has 1 amide bonds. The van der Waals surface area contributed by atoms with Crippen LogP contribution in [0.15, 0.2) is 28.7 Å². The molecule has 0 unspecified atom stereocenters. The summed E-state index contributed by atoms with van der Waals surface area (Å²) in [6.07, 6.45) is 7.03. The maximum Gasteiger partial charge on any atom is 0.236 e. The van der Waals surface area contributed by atoms with Crippen molar-refractivity contribution >= 4 is 34.1 Å². The van der Waals surface area contributed by atoms with Crippen LogP contribution in [0.25, 0.3) is 11.3 Å². The van der Waals surface area contributed by atoms with Crippen LogP contribution in [0.2, 0.25) is 0 Å². The van der Waals surface area contributed by atoms with Crippen LogP contribution >= 0.6 is 23.1 Å². The minimum Gasteiger partial charge on any atom is -0.302 e. The van der Waals surface area contributed by atoms with Crippen LogP contribution in [0, 0.1) is 13.8 Å². The first-order chi connectivity index (χ1) is 16.9. The SMILES string of the molecule is CC[C@H](c1nnc(SCC(=O)Nc2nc(-c3ccc(C)c(C)c3)cs2)n1C1CCCCC1)N(C)C. The molecular weight excluding hydrogens is 476 g/mol. The fourth-order valence-electron chi connectivity index (χ4n) is 4.73. The van der Waals surface area contributed by atoms with E-state index in [2.05, 4.69) is 83.0 Å². The lowest BCUT2D eigenvalue weighted by atomic mass is 9.95. The smallest absolute Gasteiger partial charge is 0.236 e. The second-order valence-corrected chi connectivity index (χ2v) is 11.4. The van der Waals surface area contributed by atoms with E-state index in [1.165, 1.54) is 53.5 Å². The van der Waals surface area contributed by atoms with Crippen molar-refractivity contribution in [3.05, 3.63) is 40.5 Å². The van der Waals surface area contributed by atoms with Gasteiger partial charge in [-0.05, 0) is 64.4 Å². The van der Waals surface area contributed by atoms with Gasteiger partial charge in [0.1, 0.15) is 0 Å². The Morgan fingerprint density at radius 3 is 2.66 bits per heavy atom. The Morgan fingerprint density at radius 1 is 1.20 bits per heavy atom. The molecule has 2 aromatic heterocycles. The van der Waals surface area contributed by atoms with Gasteiger partial charge in [0, 0.05) is 17.0 Å². The highest BCUT2D eigenvalue weighted by atomic mass is 32.2. The third-order valence-corrected chi connectivity index (χ3v) is 8.53. The van der Waals surface area contributed by atoms with Crippen molar-refractivity contribution < 1.29 is 4.79 Å². The molecule has 2 heterocycles. The van der Waals surface area contributed by atoms with Gasteiger partial charge >= 0.3 is 0 Å². The van der Waals surface area contributed by atoms with Gasteiger partial charge in [0.2, 0.25) is 5.91 Å². The second kappa shape index (κ2) is 11.7.